The largest absolute Gasteiger partial charge is 0.486 e. The van der Waals surface area contributed by atoms with Gasteiger partial charge in [-0.3, -0.25) is 13.9 Å². The highest BCUT2D eigenvalue weighted by molar-refractivity contribution is 7.92. The van der Waals surface area contributed by atoms with Gasteiger partial charge in [0, 0.05) is 24.2 Å². The number of ether oxygens (including phenoxy) is 2. The summed E-state index contributed by atoms with van der Waals surface area (Å²) in [6.07, 6.45) is 1.38. The number of nitrogens with zero attached hydrogens (tertiary/aromatic N) is 2. The van der Waals surface area contributed by atoms with Crippen LogP contribution in [0, 0.1) is 0 Å². The summed E-state index contributed by atoms with van der Waals surface area (Å²) in [5, 5.41) is 3.31. The number of sulfonamides is 1. The third kappa shape index (κ3) is 6.79. The molecular weight excluding hydrogens is 494 g/mol. The number of rotatable bonds is 10. The highest BCUT2D eigenvalue weighted by atomic mass is 35.5. The number of carbonyl (C=O) groups is 2. The molecule has 0 spiro atoms. The van der Waals surface area contributed by atoms with Crippen LogP contribution in [0.3, 0.4) is 0 Å². The van der Waals surface area contributed by atoms with Gasteiger partial charge in [0.05, 0.1) is 11.9 Å². The molecular formula is C24H30ClN3O6S. The van der Waals surface area contributed by atoms with Crippen molar-refractivity contribution in [2.75, 3.05) is 36.9 Å². The number of hydrogen-bond acceptors (Lipinski definition) is 6. The standard InChI is InChI=1S/C24H30ClN3O6S/c1-4-20(24(30)26-5-2)27(15-17-6-8-18(25)9-7-17)23(29)16-28(35(3,31)32)19-10-11-21-22(14-19)34-13-12-33-21/h6-11,14,20H,4-5,12-13,15-16H2,1-3H3,(H,26,30)/t20-/m0/s1. The summed E-state index contributed by atoms with van der Waals surface area (Å²) in [5.41, 5.74) is 1.03. The lowest BCUT2D eigenvalue weighted by atomic mass is 10.1. The molecule has 0 fully saturated rings. The first-order chi connectivity index (χ1) is 16.6. The van der Waals surface area contributed by atoms with E-state index in [1.807, 2.05) is 0 Å². The number of benzene rings is 2. The van der Waals surface area contributed by atoms with Crippen LogP contribution < -0.4 is 19.1 Å². The molecule has 2 aromatic rings. The average molecular weight is 524 g/mol. The first-order valence-corrected chi connectivity index (χ1v) is 13.6. The Kier molecular flexibility index (Phi) is 8.85. The number of likely N-dealkylation sites (N-methyl/N-ethyl adjacent to an activating group) is 1. The lowest BCUT2D eigenvalue weighted by molar-refractivity contribution is -0.140. The third-order valence-corrected chi connectivity index (χ3v) is 6.89. The molecule has 0 saturated heterocycles. The van der Waals surface area contributed by atoms with Crippen LogP contribution in [-0.2, 0) is 26.2 Å². The Balaban J connectivity index is 1.94. The second kappa shape index (κ2) is 11.6. The summed E-state index contributed by atoms with van der Waals surface area (Å²) in [6.45, 7) is 4.38. The maximum atomic E-state index is 13.6. The van der Waals surface area contributed by atoms with Crippen molar-refractivity contribution < 1.29 is 27.5 Å². The molecule has 0 unspecified atom stereocenters. The van der Waals surface area contributed by atoms with Gasteiger partial charge in [-0.05, 0) is 43.2 Å². The van der Waals surface area contributed by atoms with Crippen molar-refractivity contribution >= 4 is 39.1 Å². The van der Waals surface area contributed by atoms with Crippen molar-refractivity contribution in [3.63, 3.8) is 0 Å². The predicted octanol–water partition coefficient (Wildman–Crippen LogP) is 2.82. The minimum atomic E-state index is -3.84. The van der Waals surface area contributed by atoms with E-state index in [-0.39, 0.29) is 18.1 Å². The van der Waals surface area contributed by atoms with Crippen LogP contribution in [0.2, 0.25) is 5.02 Å². The predicted molar refractivity (Wildman–Crippen MR) is 134 cm³/mol. The quantitative estimate of drug-likeness (QED) is 0.513. The lowest BCUT2D eigenvalue weighted by Gasteiger charge is -2.33. The van der Waals surface area contributed by atoms with Gasteiger partial charge in [-0.15, -0.1) is 0 Å². The zero-order chi connectivity index (χ0) is 25.6. The molecule has 1 aliphatic heterocycles. The van der Waals surface area contributed by atoms with Gasteiger partial charge in [-0.2, -0.15) is 0 Å². The molecule has 0 radical (unpaired) electrons. The molecule has 3 rings (SSSR count). The molecule has 1 heterocycles. The van der Waals surface area contributed by atoms with Gasteiger partial charge < -0.3 is 19.7 Å². The van der Waals surface area contributed by atoms with Crippen LogP contribution in [-0.4, -0.2) is 63.7 Å². The fraction of sp³-hybridized carbons (Fsp3) is 0.417. The number of anilines is 1. The summed E-state index contributed by atoms with van der Waals surface area (Å²) >= 11 is 5.99. The Morgan fingerprint density at radius 3 is 2.31 bits per heavy atom. The van der Waals surface area contributed by atoms with Crippen LogP contribution >= 0.6 is 11.6 Å². The molecule has 190 valence electrons. The van der Waals surface area contributed by atoms with E-state index in [1.165, 1.54) is 11.0 Å². The Labute approximate surface area is 211 Å². The molecule has 9 nitrogen and oxygen atoms in total. The molecule has 0 aromatic heterocycles. The Bertz CT molecular complexity index is 1160. The van der Waals surface area contributed by atoms with Crippen LogP contribution in [0.1, 0.15) is 25.8 Å². The van der Waals surface area contributed by atoms with E-state index in [2.05, 4.69) is 5.32 Å². The fourth-order valence-electron chi connectivity index (χ4n) is 3.80. The van der Waals surface area contributed by atoms with E-state index in [9.17, 15) is 18.0 Å². The summed E-state index contributed by atoms with van der Waals surface area (Å²) in [5.74, 6) is 0.0916. The number of carbonyl (C=O) groups excluding carboxylic acids is 2. The lowest BCUT2D eigenvalue weighted by Crippen LogP contribution is -2.52. The Morgan fingerprint density at radius 1 is 1.06 bits per heavy atom. The van der Waals surface area contributed by atoms with Crippen LogP contribution in [0.5, 0.6) is 11.5 Å². The molecule has 11 heteroatoms. The molecule has 1 atom stereocenters. The number of halogens is 1. The Morgan fingerprint density at radius 2 is 1.71 bits per heavy atom. The molecule has 1 N–H and O–H groups in total. The number of amides is 2. The molecule has 2 aromatic carbocycles. The molecule has 35 heavy (non-hydrogen) atoms. The second-order valence-corrected chi connectivity index (χ2v) is 10.4. The summed E-state index contributed by atoms with van der Waals surface area (Å²) in [4.78, 5) is 27.8. The van der Waals surface area contributed by atoms with E-state index in [1.54, 1.807) is 50.2 Å². The number of hydrogen-bond donors (Lipinski definition) is 1. The monoisotopic (exact) mass is 523 g/mol. The van der Waals surface area contributed by atoms with Crippen LogP contribution in [0.25, 0.3) is 0 Å². The maximum absolute atomic E-state index is 13.6. The van der Waals surface area contributed by atoms with Crippen molar-refractivity contribution in [1.29, 1.82) is 0 Å². The molecule has 0 saturated carbocycles. The van der Waals surface area contributed by atoms with E-state index in [0.29, 0.717) is 42.7 Å². The van der Waals surface area contributed by atoms with Crippen molar-refractivity contribution in [3.8, 4) is 11.5 Å². The second-order valence-electron chi connectivity index (χ2n) is 8.06. The van der Waals surface area contributed by atoms with Crippen molar-refractivity contribution in [1.82, 2.24) is 10.2 Å². The highest BCUT2D eigenvalue weighted by Crippen LogP contribution is 2.34. The molecule has 0 bridgehead atoms. The minimum Gasteiger partial charge on any atom is -0.486 e. The summed E-state index contributed by atoms with van der Waals surface area (Å²) in [7, 11) is -3.84. The highest BCUT2D eigenvalue weighted by Gasteiger charge is 2.32. The third-order valence-electron chi connectivity index (χ3n) is 5.50. The Hall–Kier alpha value is -2.98. The van der Waals surface area contributed by atoms with Crippen LogP contribution in [0.15, 0.2) is 42.5 Å². The van der Waals surface area contributed by atoms with Crippen LogP contribution in [0.4, 0.5) is 5.69 Å². The van der Waals surface area contributed by atoms with Gasteiger partial charge in [0.15, 0.2) is 11.5 Å². The number of fused-ring (bicyclic) bond motifs is 1. The first-order valence-electron chi connectivity index (χ1n) is 11.3. The van der Waals surface area contributed by atoms with Gasteiger partial charge in [0.25, 0.3) is 0 Å². The average Bonchev–Trinajstić information content (AvgIpc) is 2.82. The molecule has 2 amide bonds. The summed E-state index contributed by atoms with van der Waals surface area (Å²) < 4.78 is 37.5. The summed E-state index contributed by atoms with van der Waals surface area (Å²) in [6, 6.07) is 10.9. The van der Waals surface area contributed by atoms with E-state index < -0.39 is 28.5 Å². The van der Waals surface area contributed by atoms with Gasteiger partial charge in [0.2, 0.25) is 21.8 Å². The number of nitrogens with one attached hydrogen (secondary N) is 1. The smallest absolute Gasteiger partial charge is 0.244 e. The van der Waals surface area contributed by atoms with Gasteiger partial charge in [-0.25, -0.2) is 8.42 Å². The molecule has 0 aliphatic carbocycles. The van der Waals surface area contributed by atoms with E-state index in [0.717, 1.165) is 16.1 Å². The van der Waals surface area contributed by atoms with Gasteiger partial charge >= 0.3 is 0 Å². The van der Waals surface area contributed by atoms with Crippen molar-refractivity contribution in [3.05, 3.63) is 53.1 Å². The topological polar surface area (TPSA) is 105 Å². The van der Waals surface area contributed by atoms with Gasteiger partial charge in [-0.1, -0.05) is 30.7 Å². The fourth-order valence-corrected chi connectivity index (χ4v) is 4.77. The SMILES string of the molecule is CCNC(=O)[C@H](CC)N(Cc1ccc(Cl)cc1)C(=O)CN(c1ccc2c(c1)OCCO2)S(C)(=O)=O. The maximum Gasteiger partial charge on any atom is 0.244 e. The first kappa shape index (κ1) is 26.6. The van der Waals surface area contributed by atoms with E-state index >= 15 is 0 Å². The zero-order valence-corrected chi connectivity index (χ0v) is 21.6. The van der Waals surface area contributed by atoms with Gasteiger partial charge in [0.1, 0.15) is 25.8 Å². The van der Waals surface area contributed by atoms with Crippen molar-refractivity contribution in [2.24, 2.45) is 0 Å². The van der Waals surface area contributed by atoms with E-state index in [4.69, 9.17) is 21.1 Å². The normalized spacial score (nSPS) is 13.6. The minimum absolute atomic E-state index is 0.115. The molecule has 1 aliphatic rings. The van der Waals surface area contributed by atoms with Crippen molar-refractivity contribution in [2.45, 2.75) is 32.9 Å². The zero-order valence-electron chi connectivity index (χ0n) is 20.0.